The highest BCUT2D eigenvalue weighted by atomic mass is 16.6. The van der Waals surface area contributed by atoms with Gasteiger partial charge in [0.15, 0.2) is 0 Å². The summed E-state index contributed by atoms with van der Waals surface area (Å²) in [5.41, 5.74) is 0.183. The van der Waals surface area contributed by atoms with Gasteiger partial charge >= 0.3 is 11.8 Å². The van der Waals surface area contributed by atoms with E-state index >= 15 is 0 Å². The molecule has 2 aromatic rings. The average Bonchev–Trinajstić information content (AvgIpc) is 3.01. The van der Waals surface area contributed by atoms with E-state index < -0.39 is 30.2 Å². The third kappa shape index (κ3) is 4.26. The summed E-state index contributed by atoms with van der Waals surface area (Å²) in [4.78, 5) is 27.7. The smallest absolute Gasteiger partial charge is 0.413 e. The maximum absolute atomic E-state index is 12.1. The number of rotatable bonds is 5. The van der Waals surface area contributed by atoms with Crippen molar-refractivity contribution in [2.75, 3.05) is 11.9 Å². The first-order chi connectivity index (χ1) is 12.6. The fourth-order valence-corrected chi connectivity index (χ4v) is 2.62. The largest absolute Gasteiger partial charge is 0.444 e. The molecule has 1 saturated heterocycles. The molecule has 1 aromatic heterocycles. The average molecular weight is 361 g/mol. The van der Waals surface area contributed by atoms with Crippen molar-refractivity contribution in [3.05, 3.63) is 58.6 Å². The highest BCUT2D eigenvalue weighted by molar-refractivity contribution is 5.83. The number of ether oxygens (including phenoxy) is 2. The molecule has 9 nitrogen and oxygen atoms in total. The lowest BCUT2D eigenvalue weighted by Crippen LogP contribution is -2.28. The van der Waals surface area contributed by atoms with Gasteiger partial charge in [0.25, 0.3) is 0 Å². The van der Waals surface area contributed by atoms with Crippen LogP contribution in [0.25, 0.3) is 0 Å². The lowest BCUT2D eigenvalue weighted by Gasteiger charge is -2.14. The Kier molecular flexibility index (Phi) is 5.61. The molecule has 1 aliphatic heterocycles. The first kappa shape index (κ1) is 18.1. The molecule has 1 fully saturated rings. The SMILES string of the molecule is O=C(Nc1ccn([C@H]2C[C@H](O)C(CO)O2)c(=O)n1)OCc1ccccc1. The van der Waals surface area contributed by atoms with Gasteiger partial charge in [-0.3, -0.25) is 9.88 Å². The second-order valence-electron chi connectivity index (χ2n) is 5.80. The topological polar surface area (TPSA) is 123 Å². The fraction of sp³-hybridized carbons (Fsp3) is 0.353. The summed E-state index contributed by atoms with van der Waals surface area (Å²) < 4.78 is 11.7. The Balaban J connectivity index is 1.59. The molecule has 3 N–H and O–H groups in total. The van der Waals surface area contributed by atoms with Crippen LogP contribution in [-0.4, -0.2) is 44.7 Å². The molecule has 0 spiro atoms. The van der Waals surface area contributed by atoms with E-state index in [1.807, 2.05) is 30.3 Å². The minimum absolute atomic E-state index is 0.0431. The van der Waals surface area contributed by atoms with E-state index in [1.54, 1.807) is 0 Å². The third-order valence-electron chi connectivity index (χ3n) is 3.97. The Morgan fingerprint density at radius 1 is 1.35 bits per heavy atom. The van der Waals surface area contributed by atoms with Crippen molar-refractivity contribution in [2.24, 2.45) is 0 Å². The zero-order valence-corrected chi connectivity index (χ0v) is 13.8. The van der Waals surface area contributed by atoms with E-state index in [0.29, 0.717) is 0 Å². The highest BCUT2D eigenvalue weighted by Gasteiger charge is 2.34. The molecule has 138 valence electrons. The Labute approximate surface area is 148 Å². The number of carbonyl (C=O) groups is 1. The normalized spacial score (nSPS) is 22.2. The predicted octanol–water partition coefficient (Wildman–Crippen LogP) is 0.633. The number of amides is 1. The van der Waals surface area contributed by atoms with Crippen LogP contribution in [0.2, 0.25) is 0 Å². The van der Waals surface area contributed by atoms with Crippen LogP contribution in [-0.2, 0) is 16.1 Å². The summed E-state index contributed by atoms with van der Waals surface area (Å²) in [6, 6.07) is 10.6. The first-order valence-corrected chi connectivity index (χ1v) is 8.08. The molecular weight excluding hydrogens is 342 g/mol. The van der Waals surface area contributed by atoms with Crippen molar-refractivity contribution in [2.45, 2.75) is 31.5 Å². The molecule has 1 aromatic carbocycles. The molecule has 3 rings (SSSR count). The van der Waals surface area contributed by atoms with Gasteiger partial charge < -0.3 is 19.7 Å². The van der Waals surface area contributed by atoms with Crippen molar-refractivity contribution in [1.82, 2.24) is 9.55 Å². The minimum Gasteiger partial charge on any atom is -0.444 e. The lowest BCUT2D eigenvalue weighted by atomic mass is 10.2. The number of hydrogen-bond donors (Lipinski definition) is 3. The van der Waals surface area contributed by atoms with Crippen molar-refractivity contribution in [3.8, 4) is 0 Å². The van der Waals surface area contributed by atoms with Crippen LogP contribution in [0.3, 0.4) is 0 Å². The van der Waals surface area contributed by atoms with E-state index in [4.69, 9.17) is 14.6 Å². The van der Waals surface area contributed by atoms with Crippen molar-refractivity contribution in [1.29, 1.82) is 0 Å². The molecule has 0 radical (unpaired) electrons. The number of benzene rings is 1. The predicted molar refractivity (Wildman–Crippen MR) is 90.4 cm³/mol. The van der Waals surface area contributed by atoms with Gasteiger partial charge in [0.05, 0.1) is 12.7 Å². The van der Waals surface area contributed by atoms with Crippen molar-refractivity contribution < 1.29 is 24.5 Å². The first-order valence-electron chi connectivity index (χ1n) is 8.08. The highest BCUT2D eigenvalue weighted by Crippen LogP contribution is 2.27. The van der Waals surface area contributed by atoms with Crippen LogP contribution < -0.4 is 11.0 Å². The number of nitrogens with one attached hydrogen (secondary N) is 1. The monoisotopic (exact) mass is 361 g/mol. The van der Waals surface area contributed by atoms with Crippen LogP contribution in [0.15, 0.2) is 47.4 Å². The van der Waals surface area contributed by atoms with E-state index in [9.17, 15) is 14.7 Å². The van der Waals surface area contributed by atoms with Gasteiger partial charge in [-0.1, -0.05) is 30.3 Å². The van der Waals surface area contributed by atoms with Gasteiger partial charge in [-0.05, 0) is 11.6 Å². The molecule has 9 heteroatoms. The zero-order valence-electron chi connectivity index (χ0n) is 13.8. The van der Waals surface area contributed by atoms with Gasteiger partial charge in [0, 0.05) is 12.6 Å². The molecule has 2 heterocycles. The summed E-state index contributed by atoms with van der Waals surface area (Å²) in [5.74, 6) is 0.0431. The van der Waals surface area contributed by atoms with Crippen LogP contribution >= 0.6 is 0 Å². The molecule has 0 bridgehead atoms. The Bertz CT molecular complexity index is 810. The van der Waals surface area contributed by atoms with Gasteiger partial charge in [-0.2, -0.15) is 4.98 Å². The van der Waals surface area contributed by atoms with Gasteiger partial charge in [0.1, 0.15) is 24.8 Å². The van der Waals surface area contributed by atoms with Crippen LogP contribution in [0.4, 0.5) is 10.6 Å². The van der Waals surface area contributed by atoms with Gasteiger partial charge in [0.2, 0.25) is 0 Å². The number of anilines is 1. The van der Waals surface area contributed by atoms with Crippen LogP contribution in [0, 0.1) is 0 Å². The molecule has 1 amide bonds. The van der Waals surface area contributed by atoms with Gasteiger partial charge in [-0.15, -0.1) is 0 Å². The summed E-state index contributed by atoms with van der Waals surface area (Å²) >= 11 is 0. The van der Waals surface area contributed by atoms with E-state index in [2.05, 4.69) is 10.3 Å². The number of hydrogen-bond acceptors (Lipinski definition) is 7. The van der Waals surface area contributed by atoms with E-state index in [-0.39, 0.29) is 25.5 Å². The third-order valence-corrected chi connectivity index (χ3v) is 3.97. The summed E-state index contributed by atoms with van der Waals surface area (Å²) in [6.07, 6.45) is -1.48. The summed E-state index contributed by atoms with van der Waals surface area (Å²) in [5, 5.41) is 21.2. The molecule has 1 aliphatic rings. The van der Waals surface area contributed by atoms with Crippen LogP contribution in [0.5, 0.6) is 0 Å². The number of carbonyl (C=O) groups excluding carboxylic acids is 1. The molecule has 3 atom stereocenters. The maximum atomic E-state index is 12.1. The molecule has 0 aliphatic carbocycles. The Morgan fingerprint density at radius 2 is 2.12 bits per heavy atom. The zero-order chi connectivity index (χ0) is 18.5. The summed E-state index contributed by atoms with van der Waals surface area (Å²) in [6.45, 7) is -0.243. The minimum atomic E-state index is -0.859. The molecule has 1 unspecified atom stereocenters. The summed E-state index contributed by atoms with van der Waals surface area (Å²) in [7, 11) is 0. The maximum Gasteiger partial charge on any atom is 0.413 e. The Morgan fingerprint density at radius 3 is 2.77 bits per heavy atom. The number of aromatic nitrogens is 2. The second-order valence-corrected chi connectivity index (χ2v) is 5.80. The number of aliphatic hydroxyl groups excluding tert-OH is 2. The van der Waals surface area contributed by atoms with Crippen molar-refractivity contribution in [3.63, 3.8) is 0 Å². The second kappa shape index (κ2) is 8.09. The number of aliphatic hydroxyl groups is 2. The molecular formula is C17H19N3O6. The fourth-order valence-electron chi connectivity index (χ4n) is 2.62. The van der Waals surface area contributed by atoms with Gasteiger partial charge in [-0.25, -0.2) is 9.59 Å². The van der Waals surface area contributed by atoms with E-state index in [0.717, 1.165) is 5.56 Å². The van der Waals surface area contributed by atoms with Crippen LogP contribution in [0.1, 0.15) is 18.2 Å². The Hall–Kier alpha value is -2.75. The standard InChI is InChI=1S/C17H19N3O6/c21-9-13-12(22)8-15(26-13)20-7-6-14(18-16(20)23)19-17(24)25-10-11-4-2-1-3-5-11/h1-7,12-13,15,21-22H,8-10H2,(H,18,19,23,24)/t12-,13?,15+/m0/s1. The quantitative estimate of drug-likeness (QED) is 0.714. The molecule has 0 saturated carbocycles. The lowest BCUT2D eigenvalue weighted by molar-refractivity contribution is -0.0458. The number of nitrogens with zero attached hydrogens (tertiary/aromatic N) is 2. The molecule has 26 heavy (non-hydrogen) atoms. The van der Waals surface area contributed by atoms with Crippen molar-refractivity contribution >= 4 is 11.9 Å². The van der Waals surface area contributed by atoms with E-state index in [1.165, 1.54) is 16.8 Å².